The quantitative estimate of drug-likeness (QED) is 0.255. The molecule has 16 heavy (non-hydrogen) atoms. The molecule has 1 heterocycles. The van der Waals surface area contributed by atoms with Crippen LogP contribution in [-0.2, 0) is 22.8 Å². The molecule has 1 rings (SSSR count). The van der Waals surface area contributed by atoms with E-state index in [9.17, 15) is 0 Å². The first-order chi connectivity index (χ1) is 7.76. The predicted octanol–water partition coefficient (Wildman–Crippen LogP) is -0.0100. The summed E-state index contributed by atoms with van der Waals surface area (Å²) in [6, 6.07) is 0.631. The molecule has 0 bridgehead atoms. The molecule has 1 saturated heterocycles. The zero-order valence-electron chi connectivity index (χ0n) is 9.81. The third-order valence-electron chi connectivity index (χ3n) is 2.38. The van der Waals surface area contributed by atoms with E-state index in [-0.39, 0.29) is 6.79 Å². The van der Waals surface area contributed by atoms with Crippen molar-refractivity contribution in [2.45, 2.75) is 18.6 Å². The van der Waals surface area contributed by atoms with Gasteiger partial charge in [-0.1, -0.05) is 0 Å². The maximum Gasteiger partial charge on any atom is 0.502 e. The van der Waals surface area contributed by atoms with E-state index in [0.717, 1.165) is 13.0 Å². The summed E-state index contributed by atoms with van der Waals surface area (Å²) in [4.78, 5) is 0. The Kier molecular flexibility index (Phi) is 6.43. The van der Waals surface area contributed by atoms with Gasteiger partial charge in [0.2, 0.25) is 0 Å². The van der Waals surface area contributed by atoms with Crippen LogP contribution in [0.25, 0.3) is 0 Å². The fraction of sp³-hybridized carbons (Fsp3) is 1.00. The molecule has 1 N–H and O–H groups in total. The fourth-order valence-corrected chi connectivity index (χ4v) is 3.07. The molecule has 0 aromatic heterocycles. The Morgan fingerprint density at radius 1 is 1.38 bits per heavy atom. The Bertz CT molecular complexity index is 183. The van der Waals surface area contributed by atoms with E-state index in [1.807, 2.05) is 0 Å². The molecule has 1 aliphatic heterocycles. The minimum absolute atomic E-state index is 0.292. The minimum atomic E-state index is -2.67. The molecule has 1 fully saturated rings. The minimum Gasteiger partial charge on any atom is -0.379 e. The van der Waals surface area contributed by atoms with Crippen molar-refractivity contribution < 1.29 is 27.9 Å². The summed E-state index contributed by atoms with van der Waals surface area (Å²) in [5, 5.41) is 8.75. The standard InChI is InChI=1S/C9H20O6Si/c1-11-16(12-2,15-8-10)5-3-4-13-6-9-7-14-9/h9-10H,3-8H2,1-2H3. The summed E-state index contributed by atoms with van der Waals surface area (Å²) in [5.41, 5.74) is 0. The van der Waals surface area contributed by atoms with Gasteiger partial charge < -0.3 is 27.9 Å². The van der Waals surface area contributed by atoms with Gasteiger partial charge in [-0.05, 0) is 6.42 Å². The van der Waals surface area contributed by atoms with Crippen molar-refractivity contribution in [3.8, 4) is 0 Å². The van der Waals surface area contributed by atoms with E-state index >= 15 is 0 Å². The van der Waals surface area contributed by atoms with Crippen molar-refractivity contribution in [1.82, 2.24) is 0 Å². The van der Waals surface area contributed by atoms with Gasteiger partial charge in [0.05, 0.1) is 13.2 Å². The molecule has 6 nitrogen and oxygen atoms in total. The van der Waals surface area contributed by atoms with Crippen molar-refractivity contribution in [2.24, 2.45) is 0 Å². The highest BCUT2D eigenvalue weighted by atomic mass is 28.4. The predicted molar refractivity (Wildman–Crippen MR) is 57.9 cm³/mol. The zero-order valence-corrected chi connectivity index (χ0v) is 10.8. The Hall–Kier alpha value is -0.0231. The lowest BCUT2D eigenvalue weighted by Gasteiger charge is -2.25. The van der Waals surface area contributed by atoms with Crippen LogP contribution in [0, 0.1) is 0 Å². The van der Waals surface area contributed by atoms with Crippen molar-refractivity contribution in [3.63, 3.8) is 0 Å². The lowest BCUT2D eigenvalue weighted by Crippen LogP contribution is -2.44. The van der Waals surface area contributed by atoms with Gasteiger partial charge in [-0.2, -0.15) is 0 Å². The van der Waals surface area contributed by atoms with E-state index in [4.69, 9.17) is 27.9 Å². The lowest BCUT2D eigenvalue weighted by atomic mass is 10.5. The number of epoxide rings is 1. The summed E-state index contributed by atoms with van der Waals surface area (Å²) >= 11 is 0. The number of aliphatic hydroxyl groups excluding tert-OH is 1. The number of hydrogen-bond donors (Lipinski definition) is 1. The molecule has 0 saturated carbocycles. The first kappa shape index (κ1) is 14.0. The van der Waals surface area contributed by atoms with Gasteiger partial charge in [0, 0.05) is 26.9 Å². The molecule has 0 aromatic carbocycles. The van der Waals surface area contributed by atoms with Crippen molar-refractivity contribution in [1.29, 1.82) is 0 Å². The Labute approximate surface area is 96.8 Å². The van der Waals surface area contributed by atoms with Crippen LogP contribution < -0.4 is 0 Å². The van der Waals surface area contributed by atoms with E-state index in [2.05, 4.69) is 0 Å². The number of rotatable bonds is 10. The van der Waals surface area contributed by atoms with Crippen LogP contribution in [0.15, 0.2) is 0 Å². The van der Waals surface area contributed by atoms with Crippen LogP contribution in [0.5, 0.6) is 0 Å². The molecule has 0 spiro atoms. The van der Waals surface area contributed by atoms with Gasteiger partial charge in [-0.3, -0.25) is 0 Å². The summed E-state index contributed by atoms with van der Waals surface area (Å²) in [5.74, 6) is 0. The van der Waals surface area contributed by atoms with E-state index in [1.54, 1.807) is 0 Å². The Balaban J connectivity index is 2.09. The van der Waals surface area contributed by atoms with Crippen molar-refractivity contribution >= 4 is 8.80 Å². The molecular weight excluding hydrogens is 232 g/mol. The van der Waals surface area contributed by atoms with Crippen molar-refractivity contribution in [3.05, 3.63) is 0 Å². The SMILES string of the molecule is CO[Si](CCCOCC1CO1)(OC)OCO. The molecule has 1 aliphatic rings. The average molecular weight is 252 g/mol. The molecule has 0 amide bonds. The van der Waals surface area contributed by atoms with E-state index < -0.39 is 8.80 Å². The Morgan fingerprint density at radius 2 is 2.06 bits per heavy atom. The largest absolute Gasteiger partial charge is 0.502 e. The van der Waals surface area contributed by atoms with Crippen LogP contribution in [0.3, 0.4) is 0 Å². The molecule has 1 unspecified atom stereocenters. The van der Waals surface area contributed by atoms with E-state index in [0.29, 0.717) is 25.4 Å². The highest BCUT2D eigenvalue weighted by Crippen LogP contribution is 2.16. The van der Waals surface area contributed by atoms with Gasteiger partial charge in [0.15, 0.2) is 0 Å². The zero-order chi connectivity index (χ0) is 11.9. The molecule has 7 heteroatoms. The molecule has 0 aliphatic carbocycles. The van der Waals surface area contributed by atoms with Gasteiger partial charge >= 0.3 is 8.80 Å². The van der Waals surface area contributed by atoms with Crippen LogP contribution in [0.4, 0.5) is 0 Å². The van der Waals surface area contributed by atoms with Gasteiger partial charge in [0.25, 0.3) is 0 Å². The Morgan fingerprint density at radius 3 is 2.56 bits per heavy atom. The highest BCUT2D eigenvalue weighted by molar-refractivity contribution is 6.60. The fourth-order valence-electron chi connectivity index (χ4n) is 1.35. The molecule has 0 radical (unpaired) electrons. The van der Waals surface area contributed by atoms with Crippen LogP contribution >= 0.6 is 0 Å². The third kappa shape index (κ3) is 4.87. The maximum absolute atomic E-state index is 8.75. The smallest absolute Gasteiger partial charge is 0.379 e. The maximum atomic E-state index is 8.75. The third-order valence-corrected chi connectivity index (χ3v) is 5.16. The second-order valence-electron chi connectivity index (χ2n) is 3.50. The molecular formula is C9H20O6Si. The average Bonchev–Trinajstić information content (AvgIpc) is 3.11. The molecule has 0 aromatic rings. The first-order valence-corrected chi connectivity index (χ1v) is 7.24. The van der Waals surface area contributed by atoms with Gasteiger partial charge in [-0.15, -0.1) is 0 Å². The van der Waals surface area contributed by atoms with Crippen molar-refractivity contribution in [2.75, 3.05) is 40.8 Å². The van der Waals surface area contributed by atoms with Gasteiger partial charge in [0.1, 0.15) is 12.9 Å². The second-order valence-corrected chi connectivity index (χ2v) is 6.47. The summed E-state index contributed by atoms with van der Waals surface area (Å²) in [7, 11) is 0.398. The topological polar surface area (TPSA) is 69.7 Å². The number of ether oxygens (including phenoxy) is 2. The van der Waals surface area contributed by atoms with E-state index in [1.165, 1.54) is 14.2 Å². The summed E-state index contributed by atoms with van der Waals surface area (Å²) in [6.07, 6.45) is 1.07. The monoisotopic (exact) mass is 252 g/mol. The first-order valence-electron chi connectivity index (χ1n) is 5.31. The lowest BCUT2D eigenvalue weighted by molar-refractivity contribution is 0.0130. The highest BCUT2D eigenvalue weighted by Gasteiger charge is 2.38. The number of hydrogen-bond acceptors (Lipinski definition) is 6. The molecule has 1 atom stereocenters. The van der Waals surface area contributed by atoms with Gasteiger partial charge in [-0.25, -0.2) is 0 Å². The van der Waals surface area contributed by atoms with Crippen LogP contribution in [0.2, 0.25) is 6.04 Å². The molecule has 96 valence electrons. The number of aliphatic hydroxyl groups is 1. The second kappa shape index (κ2) is 7.33. The van der Waals surface area contributed by atoms with Crippen LogP contribution in [-0.4, -0.2) is 60.8 Å². The summed E-state index contributed by atoms with van der Waals surface area (Å²) < 4.78 is 26.0. The summed E-state index contributed by atoms with van der Waals surface area (Å²) in [6.45, 7) is 1.69. The normalized spacial score (nSPS) is 20.1. The van der Waals surface area contributed by atoms with Crippen LogP contribution in [0.1, 0.15) is 6.42 Å².